The van der Waals surface area contributed by atoms with E-state index in [1.807, 2.05) is 35.2 Å². The molecule has 23 heavy (non-hydrogen) atoms. The molecular weight excluding hydrogens is 290 g/mol. The second-order valence-electron chi connectivity index (χ2n) is 6.58. The molecule has 0 radical (unpaired) electrons. The van der Waals surface area contributed by atoms with Crippen LogP contribution in [0.3, 0.4) is 0 Å². The van der Waals surface area contributed by atoms with E-state index in [2.05, 4.69) is 5.32 Å². The molecule has 1 aromatic carbocycles. The van der Waals surface area contributed by atoms with E-state index in [1.54, 1.807) is 10.6 Å². The van der Waals surface area contributed by atoms with Crippen molar-refractivity contribution in [3.8, 4) is 0 Å². The molecule has 0 unspecified atom stereocenters. The lowest BCUT2D eigenvalue weighted by Gasteiger charge is -2.24. The van der Waals surface area contributed by atoms with Gasteiger partial charge in [0.15, 0.2) is 0 Å². The fourth-order valence-corrected chi connectivity index (χ4v) is 3.89. The van der Waals surface area contributed by atoms with E-state index in [9.17, 15) is 9.59 Å². The highest BCUT2D eigenvalue weighted by Crippen LogP contribution is 2.25. The number of likely N-dealkylation sites (tertiary alicyclic amines) is 1. The summed E-state index contributed by atoms with van der Waals surface area (Å²) in [6.45, 7) is 2.75. The SMILES string of the molecule is O=C(Cn1c(=O)ccc2ccccc21)N1C[C@H]2CCCN[C@H]2C1. The Morgan fingerprint density at radius 3 is 2.91 bits per heavy atom. The van der Waals surface area contributed by atoms with Crippen LogP contribution in [0.4, 0.5) is 0 Å². The molecule has 1 aromatic heterocycles. The van der Waals surface area contributed by atoms with Gasteiger partial charge in [-0.05, 0) is 42.8 Å². The monoisotopic (exact) mass is 311 g/mol. The van der Waals surface area contributed by atoms with Crippen LogP contribution in [0.2, 0.25) is 0 Å². The summed E-state index contributed by atoms with van der Waals surface area (Å²) < 4.78 is 1.59. The highest BCUT2D eigenvalue weighted by atomic mass is 16.2. The van der Waals surface area contributed by atoms with Gasteiger partial charge in [0.05, 0.1) is 5.52 Å². The van der Waals surface area contributed by atoms with Gasteiger partial charge in [-0.25, -0.2) is 0 Å². The number of benzene rings is 1. The quantitative estimate of drug-likeness (QED) is 0.907. The van der Waals surface area contributed by atoms with Gasteiger partial charge in [0, 0.05) is 25.2 Å². The normalized spacial score (nSPS) is 23.9. The zero-order valence-corrected chi connectivity index (χ0v) is 13.1. The van der Waals surface area contributed by atoms with E-state index in [-0.39, 0.29) is 18.0 Å². The summed E-state index contributed by atoms with van der Waals surface area (Å²) in [6, 6.07) is 11.5. The summed E-state index contributed by atoms with van der Waals surface area (Å²) in [6.07, 6.45) is 2.38. The smallest absolute Gasteiger partial charge is 0.251 e. The average Bonchev–Trinajstić information content (AvgIpc) is 3.01. The van der Waals surface area contributed by atoms with E-state index in [0.717, 1.165) is 30.5 Å². The van der Waals surface area contributed by atoms with Crippen molar-refractivity contribution < 1.29 is 4.79 Å². The topological polar surface area (TPSA) is 54.3 Å². The molecule has 0 bridgehead atoms. The van der Waals surface area contributed by atoms with Crippen molar-refractivity contribution in [1.82, 2.24) is 14.8 Å². The first-order valence-corrected chi connectivity index (χ1v) is 8.32. The Balaban J connectivity index is 1.58. The van der Waals surface area contributed by atoms with Crippen molar-refractivity contribution in [3.05, 3.63) is 46.8 Å². The standard InChI is InChI=1S/C18H21N3O2/c22-17-8-7-13-4-1-2-6-16(13)21(17)12-18(23)20-10-14-5-3-9-19-15(14)11-20/h1-2,4,6-8,14-15,19H,3,5,9-12H2/t14-,15+/m1/s1. The van der Waals surface area contributed by atoms with Gasteiger partial charge in [-0.3, -0.25) is 14.2 Å². The maximum atomic E-state index is 12.7. The predicted octanol–water partition coefficient (Wildman–Crippen LogP) is 1.21. The second-order valence-corrected chi connectivity index (χ2v) is 6.58. The summed E-state index contributed by atoms with van der Waals surface area (Å²) in [5.41, 5.74) is 0.704. The van der Waals surface area contributed by atoms with Crippen LogP contribution in [-0.4, -0.2) is 41.1 Å². The molecule has 2 saturated heterocycles. The zero-order chi connectivity index (χ0) is 15.8. The van der Waals surface area contributed by atoms with Crippen LogP contribution in [-0.2, 0) is 11.3 Å². The molecule has 2 aliphatic rings. The lowest BCUT2D eigenvalue weighted by Crippen LogP contribution is -2.41. The van der Waals surface area contributed by atoms with Crippen molar-refractivity contribution in [3.63, 3.8) is 0 Å². The van der Waals surface area contributed by atoms with Crippen LogP contribution in [0.1, 0.15) is 12.8 Å². The highest BCUT2D eigenvalue weighted by molar-refractivity contribution is 5.82. The van der Waals surface area contributed by atoms with Crippen molar-refractivity contribution in [2.45, 2.75) is 25.4 Å². The summed E-state index contributed by atoms with van der Waals surface area (Å²) in [4.78, 5) is 26.8. The Hall–Kier alpha value is -2.14. The molecule has 120 valence electrons. The molecule has 1 N–H and O–H groups in total. The number of hydrogen-bond acceptors (Lipinski definition) is 3. The van der Waals surface area contributed by atoms with Gasteiger partial charge in [0.1, 0.15) is 6.54 Å². The molecule has 0 aliphatic carbocycles. The number of fused-ring (bicyclic) bond motifs is 2. The molecule has 0 spiro atoms. The summed E-state index contributed by atoms with van der Waals surface area (Å²) in [5, 5.41) is 4.49. The number of carbonyl (C=O) groups excluding carboxylic acids is 1. The van der Waals surface area contributed by atoms with Crippen molar-refractivity contribution in [2.75, 3.05) is 19.6 Å². The minimum absolute atomic E-state index is 0.0413. The molecule has 3 heterocycles. The molecule has 0 saturated carbocycles. The Morgan fingerprint density at radius 2 is 2.04 bits per heavy atom. The number of nitrogens with one attached hydrogen (secondary N) is 1. The van der Waals surface area contributed by atoms with Gasteiger partial charge in [-0.2, -0.15) is 0 Å². The molecule has 5 heteroatoms. The van der Waals surface area contributed by atoms with Gasteiger partial charge >= 0.3 is 0 Å². The molecule has 2 aromatic rings. The van der Waals surface area contributed by atoms with E-state index >= 15 is 0 Å². The van der Waals surface area contributed by atoms with Crippen LogP contribution in [0.5, 0.6) is 0 Å². The fraction of sp³-hybridized carbons (Fsp3) is 0.444. The molecular formula is C18H21N3O2. The first-order valence-electron chi connectivity index (χ1n) is 8.32. The van der Waals surface area contributed by atoms with Gasteiger partial charge in [-0.1, -0.05) is 18.2 Å². The summed E-state index contributed by atoms with van der Waals surface area (Å²) >= 11 is 0. The minimum Gasteiger partial charge on any atom is -0.339 e. The first kappa shape index (κ1) is 14.5. The molecule has 2 atom stereocenters. The van der Waals surface area contributed by atoms with Crippen molar-refractivity contribution >= 4 is 16.8 Å². The number of pyridine rings is 1. The van der Waals surface area contributed by atoms with E-state index in [4.69, 9.17) is 0 Å². The number of amides is 1. The van der Waals surface area contributed by atoms with Crippen LogP contribution in [0, 0.1) is 5.92 Å². The van der Waals surface area contributed by atoms with Crippen LogP contribution >= 0.6 is 0 Å². The highest BCUT2D eigenvalue weighted by Gasteiger charge is 2.36. The molecule has 4 rings (SSSR count). The average molecular weight is 311 g/mol. The molecule has 2 fully saturated rings. The number of hydrogen-bond donors (Lipinski definition) is 1. The molecule has 1 amide bonds. The maximum absolute atomic E-state index is 12.7. The number of nitrogens with zero attached hydrogens (tertiary/aromatic N) is 2. The summed E-state index contributed by atoms with van der Waals surface area (Å²) in [5.74, 6) is 0.608. The van der Waals surface area contributed by atoms with Crippen molar-refractivity contribution in [1.29, 1.82) is 0 Å². The van der Waals surface area contributed by atoms with E-state index in [0.29, 0.717) is 12.0 Å². The number of rotatable bonds is 2. The third kappa shape index (κ3) is 2.65. The van der Waals surface area contributed by atoms with Crippen LogP contribution in [0.15, 0.2) is 41.2 Å². The first-order chi connectivity index (χ1) is 11.2. The predicted molar refractivity (Wildman–Crippen MR) is 89.3 cm³/mol. The van der Waals surface area contributed by atoms with Crippen LogP contribution < -0.4 is 10.9 Å². The fourth-order valence-electron chi connectivity index (χ4n) is 3.89. The Bertz CT molecular complexity index is 784. The molecule has 5 nitrogen and oxygen atoms in total. The van der Waals surface area contributed by atoms with E-state index < -0.39 is 0 Å². The van der Waals surface area contributed by atoms with Gasteiger partial charge in [-0.15, -0.1) is 0 Å². The number of para-hydroxylation sites is 1. The lowest BCUT2D eigenvalue weighted by molar-refractivity contribution is -0.130. The lowest BCUT2D eigenvalue weighted by atomic mass is 9.94. The van der Waals surface area contributed by atoms with Gasteiger partial charge in [0.2, 0.25) is 5.91 Å². The van der Waals surface area contributed by atoms with Gasteiger partial charge in [0.25, 0.3) is 5.56 Å². The number of carbonyl (C=O) groups is 1. The number of piperidine rings is 1. The summed E-state index contributed by atoms with van der Waals surface area (Å²) in [7, 11) is 0. The Kier molecular flexibility index (Phi) is 3.65. The zero-order valence-electron chi connectivity index (χ0n) is 13.1. The van der Waals surface area contributed by atoms with Crippen molar-refractivity contribution in [2.24, 2.45) is 5.92 Å². The van der Waals surface area contributed by atoms with Crippen LogP contribution in [0.25, 0.3) is 10.9 Å². The third-order valence-corrected chi connectivity index (χ3v) is 5.14. The second kappa shape index (κ2) is 5.81. The Morgan fingerprint density at radius 1 is 1.17 bits per heavy atom. The maximum Gasteiger partial charge on any atom is 0.251 e. The van der Waals surface area contributed by atoms with E-state index in [1.165, 1.54) is 12.8 Å². The minimum atomic E-state index is -0.119. The largest absolute Gasteiger partial charge is 0.339 e. The number of aromatic nitrogens is 1. The van der Waals surface area contributed by atoms with Gasteiger partial charge < -0.3 is 10.2 Å². The Labute approximate surface area is 134 Å². The molecule has 2 aliphatic heterocycles. The third-order valence-electron chi connectivity index (χ3n) is 5.14.